The lowest BCUT2D eigenvalue weighted by Crippen LogP contribution is -2.33. The number of nitrogens with zero attached hydrogens (tertiary/aromatic N) is 1. The van der Waals surface area contributed by atoms with Crippen molar-refractivity contribution < 1.29 is 14.3 Å². The molecule has 2 aliphatic rings. The van der Waals surface area contributed by atoms with E-state index in [-0.39, 0.29) is 18.1 Å². The van der Waals surface area contributed by atoms with Gasteiger partial charge in [0.05, 0.1) is 18.1 Å². The van der Waals surface area contributed by atoms with Crippen LogP contribution in [0.3, 0.4) is 0 Å². The molecular weight excluding hydrogens is 340 g/mol. The van der Waals surface area contributed by atoms with Crippen LogP contribution < -0.4 is 5.32 Å². The molecule has 5 nitrogen and oxygen atoms in total. The molecule has 0 radical (unpaired) electrons. The molecule has 5 rings (SSSR count). The third-order valence-electron chi connectivity index (χ3n) is 6.13. The van der Waals surface area contributed by atoms with Crippen molar-refractivity contribution in [2.24, 2.45) is 11.8 Å². The average molecular weight is 362 g/mol. The molecule has 4 atom stereocenters. The van der Waals surface area contributed by atoms with Crippen molar-refractivity contribution in [3.05, 3.63) is 54.4 Å². The Morgan fingerprint density at radius 2 is 1.78 bits per heavy atom. The van der Waals surface area contributed by atoms with Crippen LogP contribution in [-0.2, 0) is 0 Å². The van der Waals surface area contributed by atoms with Crippen LogP contribution in [0, 0.1) is 11.8 Å². The average Bonchev–Trinajstić information content (AvgIpc) is 3.36. The van der Waals surface area contributed by atoms with Crippen LogP contribution in [0.25, 0.3) is 22.2 Å². The van der Waals surface area contributed by atoms with Crippen LogP contribution in [0.15, 0.2) is 53.3 Å². The minimum Gasteiger partial charge on any atom is -0.464 e. The van der Waals surface area contributed by atoms with Gasteiger partial charge in [-0.05, 0) is 61.8 Å². The van der Waals surface area contributed by atoms with Gasteiger partial charge in [0.15, 0.2) is 0 Å². The van der Waals surface area contributed by atoms with Crippen LogP contribution in [0.5, 0.6) is 0 Å². The van der Waals surface area contributed by atoms with Crippen molar-refractivity contribution in [2.45, 2.75) is 37.8 Å². The van der Waals surface area contributed by atoms with Gasteiger partial charge in [0.2, 0.25) is 0 Å². The molecule has 2 heterocycles. The van der Waals surface area contributed by atoms with Crippen LogP contribution >= 0.6 is 0 Å². The maximum absolute atomic E-state index is 12.6. The van der Waals surface area contributed by atoms with Crippen LogP contribution in [0.2, 0.25) is 0 Å². The highest BCUT2D eigenvalue weighted by Gasteiger charge is 2.41. The lowest BCUT2D eigenvalue weighted by atomic mass is 10.0. The molecule has 0 aliphatic heterocycles. The first-order valence-electron chi connectivity index (χ1n) is 9.59. The highest BCUT2D eigenvalue weighted by Crippen LogP contribution is 2.44. The minimum atomic E-state index is -0.141. The van der Waals surface area contributed by atoms with Gasteiger partial charge >= 0.3 is 0 Å². The molecule has 0 bridgehead atoms. The summed E-state index contributed by atoms with van der Waals surface area (Å²) in [6, 6.07) is 11.5. The summed E-state index contributed by atoms with van der Waals surface area (Å²) in [5.74, 6) is 1.10. The summed E-state index contributed by atoms with van der Waals surface area (Å²) >= 11 is 0. The topological polar surface area (TPSA) is 75.4 Å². The number of nitrogens with one attached hydrogen (secondary N) is 1. The van der Waals surface area contributed by atoms with Gasteiger partial charge in [-0.15, -0.1) is 0 Å². The number of amides is 1. The normalized spacial score (nSPS) is 27.0. The fraction of sp³-hybridized carbons (Fsp3) is 0.364. The number of hydrogen-bond donors (Lipinski definition) is 2. The first-order chi connectivity index (χ1) is 13.2. The van der Waals surface area contributed by atoms with Gasteiger partial charge in [-0.25, -0.2) is 0 Å². The second-order valence-electron chi connectivity index (χ2n) is 7.86. The minimum absolute atomic E-state index is 0.0263. The largest absolute Gasteiger partial charge is 0.464 e. The molecule has 2 aromatic heterocycles. The lowest BCUT2D eigenvalue weighted by Gasteiger charge is -2.15. The summed E-state index contributed by atoms with van der Waals surface area (Å²) in [7, 11) is 0. The van der Waals surface area contributed by atoms with Gasteiger partial charge in [-0.1, -0.05) is 12.1 Å². The van der Waals surface area contributed by atoms with Gasteiger partial charge in [-0.2, -0.15) is 0 Å². The molecule has 0 saturated heterocycles. The molecule has 2 aliphatic carbocycles. The van der Waals surface area contributed by atoms with Crippen molar-refractivity contribution in [3.8, 4) is 11.3 Å². The number of fused-ring (bicyclic) bond motifs is 2. The molecule has 27 heavy (non-hydrogen) atoms. The predicted octanol–water partition coefficient (Wildman–Crippen LogP) is 3.77. The fourth-order valence-corrected chi connectivity index (χ4v) is 4.88. The zero-order valence-electron chi connectivity index (χ0n) is 15.0. The third kappa shape index (κ3) is 3.02. The number of aromatic nitrogens is 1. The van der Waals surface area contributed by atoms with Crippen molar-refractivity contribution in [1.82, 2.24) is 10.3 Å². The molecule has 2 saturated carbocycles. The van der Waals surface area contributed by atoms with Gasteiger partial charge in [0, 0.05) is 28.8 Å². The summed E-state index contributed by atoms with van der Waals surface area (Å²) in [4.78, 5) is 17.1. The van der Waals surface area contributed by atoms with E-state index in [1.807, 2.05) is 36.4 Å². The molecule has 1 aromatic carbocycles. The Balaban J connectivity index is 1.29. The highest BCUT2D eigenvalue weighted by molar-refractivity contribution is 5.96. The van der Waals surface area contributed by atoms with E-state index in [4.69, 9.17) is 4.42 Å². The number of rotatable bonds is 3. The third-order valence-corrected chi connectivity index (χ3v) is 6.13. The number of aliphatic hydroxyl groups is 1. The summed E-state index contributed by atoms with van der Waals surface area (Å²) < 4.78 is 5.43. The molecule has 2 fully saturated rings. The summed E-state index contributed by atoms with van der Waals surface area (Å²) in [6.07, 6.45) is 6.99. The molecule has 0 spiro atoms. The van der Waals surface area contributed by atoms with E-state index < -0.39 is 0 Å². The van der Waals surface area contributed by atoms with Crippen molar-refractivity contribution in [2.75, 3.05) is 0 Å². The Hall–Kier alpha value is -2.66. The number of pyridine rings is 1. The maximum Gasteiger partial charge on any atom is 0.251 e. The Bertz CT molecular complexity index is 965. The molecule has 3 aromatic rings. The van der Waals surface area contributed by atoms with E-state index in [1.54, 1.807) is 12.5 Å². The Kier molecular flexibility index (Phi) is 3.97. The first kappa shape index (κ1) is 16.5. The second kappa shape index (κ2) is 6.50. The number of furan rings is 1. The van der Waals surface area contributed by atoms with Crippen LogP contribution in [0.4, 0.5) is 0 Å². The number of carbonyl (C=O) groups excluding carboxylic acids is 1. The number of carbonyl (C=O) groups is 1. The summed E-state index contributed by atoms with van der Waals surface area (Å²) in [5, 5.41) is 13.9. The zero-order valence-corrected chi connectivity index (χ0v) is 15.0. The second-order valence-corrected chi connectivity index (χ2v) is 7.86. The molecular formula is C22H22N2O3. The van der Waals surface area contributed by atoms with E-state index in [1.165, 1.54) is 0 Å². The standard InChI is InChI=1S/C22H22N2O3/c25-18-11-15-9-17(10-16(15)12-18)24-22(26)14-3-1-13(2-4-14)21-19-6-8-27-20(19)5-7-23-21/h1-8,15-18,25H,9-12H2,(H,24,26)/t15-,16+,17?,18?. The van der Waals surface area contributed by atoms with Gasteiger partial charge in [0.25, 0.3) is 5.91 Å². The first-order valence-corrected chi connectivity index (χ1v) is 9.59. The molecule has 1 amide bonds. The van der Waals surface area contributed by atoms with E-state index in [0.29, 0.717) is 17.4 Å². The van der Waals surface area contributed by atoms with E-state index in [2.05, 4.69) is 10.3 Å². The SMILES string of the molecule is O=C(NC1C[C@H]2CC(O)C[C@H]2C1)c1ccc(-c2nccc3occc23)cc1. The Morgan fingerprint density at radius 3 is 2.52 bits per heavy atom. The van der Waals surface area contributed by atoms with Crippen molar-refractivity contribution in [1.29, 1.82) is 0 Å². The van der Waals surface area contributed by atoms with E-state index in [9.17, 15) is 9.90 Å². The molecule has 5 heteroatoms. The Labute approximate surface area is 157 Å². The van der Waals surface area contributed by atoms with E-state index >= 15 is 0 Å². The predicted molar refractivity (Wildman–Crippen MR) is 102 cm³/mol. The van der Waals surface area contributed by atoms with Crippen molar-refractivity contribution >= 4 is 16.9 Å². The smallest absolute Gasteiger partial charge is 0.251 e. The summed E-state index contributed by atoms with van der Waals surface area (Å²) in [6.45, 7) is 0. The molecule has 2 N–H and O–H groups in total. The van der Waals surface area contributed by atoms with Crippen LogP contribution in [0.1, 0.15) is 36.0 Å². The van der Waals surface area contributed by atoms with Crippen LogP contribution in [-0.4, -0.2) is 28.1 Å². The van der Waals surface area contributed by atoms with Gasteiger partial charge in [-0.3, -0.25) is 9.78 Å². The molecule has 2 unspecified atom stereocenters. The summed E-state index contributed by atoms with van der Waals surface area (Å²) in [5.41, 5.74) is 3.28. The Morgan fingerprint density at radius 1 is 1.04 bits per heavy atom. The lowest BCUT2D eigenvalue weighted by molar-refractivity contribution is 0.0934. The van der Waals surface area contributed by atoms with Gasteiger partial charge in [0.1, 0.15) is 5.58 Å². The fourth-order valence-electron chi connectivity index (χ4n) is 4.88. The van der Waals surface area contributed by atoms with E-state index in [0.717, 1.165) is 47.9 Å². The number of hydrogen-bond acceptors (Lipinski definition) is 4. The number of benzene rings is 1. The molecule has 138 valence electrons. The highest BCUT2D eigenvalue weighted by atomic mass is 16.3. The quantitative estimate of drug-likeness (QED) is 0.744. The number of aliphatic hydroxyl groups excluding tert-OH is 1. The van der Waals surface area contributed by atoms with Crippen molar-refractivity contribution in [3.63, 3.8) is 0 Å². The zero-order chi connectivity index (χ0) is 18.4. The maximum atomic E-state index is 12.6. The monoisotopic (exact) mass is 362 g/mol. The van der Waals surface area contributed by atoms with Gasteiger partial charge < -0.3 is 14.8 Å².